The van der Waals surface area contributed by atoms with Gasteiger partial charge >= 0.3 is 0 Å². The van der Waals surface area contributed by atoms with Crippen LogP contribution in [0.3, 0.4) is 0 Å². The van der Waals surface area contributed by atoms with E-state index in [2.05, 4.69) is 19.9 Å². The summed E-state index contributed by atoms with van der Waals surface area (Å²) in [5, 5.41) is 4.28. The number of morpholine rings is 1. The van der Waals surface area contributed by atoms with Gasteiger partial charge in [0.15, 0.2) is 17.5 Å². The van der Waals surface area contributed by atoms with Crippen LogP contribution in [0.1, 0.15) is 49.2 Å². The fourth-order valence-corrected chi connectivity index (χ4v) is 4.44. The third-order valence-corrected chi connectivity index (χ3v) is 6.39. The van der Waals surface area contributed by atoms with Gasteiger partial charge in [-0.1, -0.05) is 17.3 Å². The van der Waals surface area contributed by atoms with Crippen LogP contribution in [0.15, 0.2) is 28.8 Å². The zero-order valence-corrected chi connectivity index (χ0v) is 17.0. The molecule has 0 N–H and O–H groups in total. The average molecular weight is 406 g/mol. The van der Waals surface area contributed by atoms with Gasteiger partial charge in [-0.15, -0.1) is 0 Å². The van der Waals surface area contributed by atoms with E-state index < -0.39 is 0 Å². The molecule has 3 aliphatic rings. The number of hydrogen-bond donors (Lipinski definition) is 0. The zero-order valence-electron chi connectivity index (χ0n) is 17.0. The van der Waals surface area contributed by atoms with Gasteiger partial charge in [0, 0.05) is 38.0 Å². The van der Waals surface area contributed by atoms with Crippen LogP contribution >= 0.6 is 0 Å². The number of nitrogens with zero attached hydrogens (tertiary/aromatic N) is 6. The summed E-state index contributed by atoms with van der Waals surface area (Å²) in [4.78, 5) is 19.4. The first kappa shape index (κ1) is 18.1. The molecular formula is C22H26N6O2. The minimum absolute atomic E-state index is 0.359. The molecule has 1 aromatic carbocycles. The Morgan fingerprint density at radius 3 is 2.00 bits per heavy atom. The Balaban J connectivity index is 1.26. The molecule has 30 heavy (non-hydrogen) atoms. The third kappa shape index (κ3) is 3.39. The van der Waals surface area contributed by atoms with Crippen molar-refractivity contribution in [1.29, 1.82) is 0 Å². The van der Waals surface area contributed by atoms with Crippen molar-refractivity contribution >= 4 is 22.7 Å². The highest BCUT2D eigenvalue weighted by Crippen LogP contribution is 2.40. The Hall–Kier alpha value is -2.74. The second-order valence-corrected chi connectivity index (χ2v) is 8.49. The third-order valence-electron chi connectivity index (χ3n) is 6.39. The maximum Gasteiger partial charge on any atom is 0.229 e. The molecule has 1 aliphatic carbocycles. The molecule has 4 heterocycles. The molecule has 3 fully saturated rings. The lowest BCUT2D eigenvalue weighted by atomic mass is 9.96. The highest BCUT2D eigenvalue weighted by molar-refractivity contribution is 5.81. The molecule has 8 heteroatoms. The molecule has 0 amide bonds. The minimum Gasteiger partial charge on any atom is -0.378 e. The van der Waals surface area contributed by atoms with E-state index in [1.54, 1.807) is 0 Å². The topological polar surface area (TPSA) is 80.4 Å². The number of para-hydroxylation sites is 2. The van der Waals surface area contributed by atoms with Crippen LogP contribution in [0, 0.1) is 0 Å². The van der Waals surface area contributed by atoms with Gasteiger partial charge in [-0.3, -0.25) is 0 Å². The number of ether oxygens (including phenoxy) is 1. The van der Waals surface area contributed by atoms with E-state index in [1.165, 1.54) is 12.8 Å². The SMILES string of the molecule is c1ccc2nc(N3CCC(c4noc(C5CC5)n4)CC3)c(N3CCOCC3)nc2c1. The smallest absolute Gasteiger partial charge is 0.229 e. The summed E-state index contributed by atoms with van der Waals surface area (Å²) in [6.45, 7) is 5.01. The van der Waals surface area contributed by atoms with Crippen LogP contribution in [0.2, 0.25) is 0 Å². The molecule has 0 radical (unpaired) electrons. The number of piperidine rings is 1. The van der Waals surface area contributed by atoms with Crippen LogP contribution in [-0.2, 0) is 4.74 Å². The minimum atomic E-state index is 0.359. The summed E-state index contributed by atoms with van der Waals surface area (Å²) in [6.07, 6.45) is 4.37. The average Bonchev–Trinajstić information content (AvgIpc) is 3.55. The number of fused-ring (bicyclic) bond motifs is 1. The van der Waals surface area contributed by atoms with Crippen LogP contribution in [-0.4, -0.2) is 59.5 Å². The van der Waals surface area contributed by atoms with Gasteiger partial charge < -0.3 is 19.1 Å². The van der Waals surface area contributed by atoms with Crippen molar-refractivity contribution < 1.29 is 9.26 Å². The Bertz CT molecular complexity index is 1040. The zero-order chi connectivity index (χ0) is 19.9. The monoisotopic (exact) mass is 406 g/mol. The van der Waals surface area contributed by atoms with Gasteiger partial charge in [0.1, 0.15) is 0 Å². The molecule has 0 unspecified atom stereocenters. The summed E-state index contributed by atoms with van der Waals surface area (Å²) < 4.78 is 11.0. The lowest BCUT2D eigenvalue weighted by molar-refractivity contribution is 0.122. The first-order valence-corrected chi connectivity index (χ1v) is 11.0. The van der Waals surface area contributed by atoms with Crippen molar-refractivity contribution in [3.63, 3.8) is 0 Å². The van der Waals surface area contributed by atoms with E-state index in [-0.39, 0.29) is 0 Å². The maximum absolute atomic E-state index is 5.55. The van der Waals surface area contributed by atoms with Crippen molar-refractivity contribution in [1.82, 2.24) is 20.1 Å². The molecule has 0 atom stereocenters. The van der Waals surface area contributed by atoms with Crippen molar-refractivity contribution in [3.05, 3.63) is 36.0 Å². The quantitative estimate of drug-likeness (QED) is 0.654. The molecule has 156 valence electrons. The van der Waals surface area contributed by atoms with Crippen LogP contribution in [0.4, 0.5) is 11.6 Å². The van der Waals surface area contributed by atoms with E-state index >= 15 is 0 Å². The molecule has 6 rings (SSSR count). The molecule has 8 nitrogen and oxygen atoms in total. The van der Waals surface area contributed by atoms with Crippen LogP contribution < -0.4 is 9.80 Å². The van der Waals surface area contributed by atoms with Gasteiger partial charge in [0.2, 0.25) is 5.89 Å². The number of hydrogen-bond acceptors (Lipinski definition) is 8. The van der Waals surface area contributed by atoms with Crippen molar-refractivity contribution in [3.8, 4) is 0 Å². The second kappa shape index (κ2) is 7.50. The summed E-state index contributed by atoms with van der Waals surface area (Å²) in [7, 11) is 0. The lowest BCUT2D eigenvalue weighted by Gasteiger charge is -2.35. The Morgan fingerprint density at radius 2 is 1.37 bits per heavy atom. The summed E-state index contributed by atoms with van der Waals surface area (Å²) in [6, 6.07) is 8.12. The molecule has 0 bridgehead atoms. The van der Waals surface area contributed by atoms with Crippen LogP contribution in [0.5, 0.6) is 0 Å². The lowest BCUT2D eigenvalue weighted by Crippen LogP contribution is -2.40. The molecule has 1 saturated carbocycles. The van der Waals surface area contributed by atoms with Gasteiger partial charge in [0.25, 0.3) is 0 Å². The standard InChI is InChI=1S/C22H26N6O2/c1-2-4-18-17(3-1)23-20(21(24-18)28-11-13-29-14-12-28)27-9-7-15(8-10-27)19-25-22(30-26-19)16-5-6-16/h1-4,15-16H,5-14H2. The number of rotatable bonds is 4. The molecule has 2 aromatic heterocycles. The van der Waals surface area contributed by atoms with Crippen LogP contribution in [0.25, 0.3) is 11.0 Å². The van der Waals surface area contributed by atoms with Crippen molar-refractivity contribution in [2.75, 3.05) is 49.2 Å². The highest BCUT2D eigenvalue weighted by Gasteiger charge is 2.33. The van der Waals surface area contributed by atoms with Gasteiger partial charge in [0.05, 0.1) is 24.2 Å². The number of aromatic nitrogens is 4. The van der Waals surface area contributed by atoms with E-state index in [0.717, 1.165) is 86.6 Å². The number of anilines is 2. The van der Waals surface area contributed by atoms with Gasteiger partial charge in [-0.25, -0.2) is 9.97 Å². The fraction of sp³-hybridized carbons (Fsp3) is 0.545. The van der Waals surface area contributed by atoms with E-state index in [0.29, 0.717) is 11.8 Å². The summed E-state index contributed by atoms with van der Waals surface area (Å²) in [5.41, 5.74) is 1.89. The molecule has 2 aliphatic heterocycles. The fourth-order valence-electron chi connectivity index (χ4n) is 4.44. The molecule has 0 spiro atoms. The maximum atomic E-state index is 5.55. The van der Waals surface area contributed by atoms with E-state index in [1.807, 2.05) is 24.3 Å². The van der Waals surface area contributed by atoms with Gasteiger partial charge in [-0.05, 0) is 37.8 Å². The first-order chi connectivity index (χ1) is 14.8. The Kier molecular flexibility index (Phi) is 4.52. The van der Waals surface area contributed by atoms with Crippen molar-refractivity contribution in [2.24, 2.45) is 0 Å². The normalized spacial score (nSPS) is 20.8. The summed E-state index contributed by atoms with van der Waals surface area (Å²) >= 11 is 0. The Labute approximate surface area is 175 Å². The van der Waals surface area contributed by atoms with E-state index in [4.69, 9.17) is 19.2 Å². The Morgan fingerprint density at radius 1 is 0.733 bits per heavy atom. The number of benzene rings is 1. The largest absolute Gasteiger partial charge is 0.378 e. The predicted octanol–water partition coefficient (Wildman–Crippen LogP) is 3.11. The molecule has 2 saturated heterocycles. The first-order valence-electron chi connectivity index (χ1n) is 11.0. The highest BCUT2D eigenvalue weighted by atomic mass is 16.5. The van der Waals surface area contributed by atoms with Gasteiger partial charge in [-0.2, -0.15) is 4.98 Å². The van der Waals surface area contributed by atoms with Crippen molar-refractivity contribution in [2.45, 2.75) is 37.5 Å². The molecule has 3 aromatic rings. The molecular weight excluding hydrogens is 380 g/mol. The predicted molar refractivity (Wildman–Crippen MR) is 113 cm³/mol. The van der Waals surface area contributed by atoms with E-state index in [9.17, 15) is 0 Å². The summed E-state index contributed by atoms with van der Waals surface area (Å²) in [5.74, 6) is 4.55. The second-order valence-electron chi connectivity index (χ2n) is 8.49.